The molecule has 0 unspecified atom stereocenters. The van der Waals surface area contributed by atoms with Crippen molar-refractivity contribution in [3.05, 3.63) is 31.4 Å². The second kappa shape index (κ2) is 6.88. The molecule has 14 heavy (non-hydrogen) atoms. The van der Waals surface area contributed by atoms with Crippen molar-refractivity contribution in [2.75, 3.05) is 6.61 Å². The highest BCUT2D eigenvalue weighted by molar-refractivity contribution is 5.87. The van der Waals surface area contributed by atoms with Gasteiger partial charge in [-0.2, -0.15) is 0 Å². The molecule has 0 rings (SSSR count). The van der Waals surface area contributed by atoms with Crippen molar-refractivity contribution in [1.29, 1.82) is 0 Å². The molecular weight excluding hydrogens is 184 g/mol. The van der Waals surface area contributed by atoms with E-state index in [2.05, 4.69) is 22.6 Å². The Labute approximate surface area is 83.2 Å². The lowest BCUT2D eigenvalue weighted by Gasteiger charge is -2.03. The summed E-state index contributed by atoms with van der Waals surface area (Å²) >= 11 is 0. The fraction of sp³-hybridized carbons (Fsp3) is 0.300. The summed E-state index contributed by atoms with van der Waals surface area (Å²) in [6.45, 7) is 9.61. The van der Waals surface area contributed by atoms with E-state index in [4.69, 9.17) is 0 Å². The molecule has 0 bridgehead atoms. The molecule has 77 valence electrons. The van der Waals surface area contributed by atoms with E-state index >= 15 is 0 Å². The molecule has 0 fully saturated rings. The summed E-state index contributed by atoms with van der Waals surface area (Å²) in [4.78, 5) is 21.4. The van der Waals surface area contributed by atoms with Crippen LogP contribution in [0.4, 0.5) is 0 Å². The first-order valence-corrected chi connectivity index (χ1v) is 4.05. The predicted molar refractivity (Wildman–Crippen MR) is 51.0 cm³/mol. The molecule has 0 aliphatic rings. The fourth-order valence-electron chi connectivity index (χ4n) is 0.502. The summed E-state index contributed by atoms with van der Waals surface area (Å²) in [5.74, 6) is -0.982. The van der Waals surface area contributed by atoms with Gasteiger partial charge >= 0.3 is 11.9 Å². The van der Waals surface area contributed by atoms with Crippen molar-refractivity contribution in [3.63, 3.8) is 0 Å². The Bertz CT molecular complexity index is 243. The van der Waals surface area contributed by atoms with Gasteiger partial charge in [-0.1, -0.05) is 13.2 Å². The van der Waals surface area contributed by atoms with E-state index in [-0.39, 0.29) is 6.61 Å². The van der Waals surface area contributed by atoms with Crippen molar-refractivity contribution < 1.29 is 19.1 Å². The number of rotatable bonds is 6. The Morgan fingerprint density at radius 1 is 1.43 bits per heavy atom. The quantitative estimate of drug-likeness (QED) is 0.367. The molecule has 0 spiro atoms. The summed E-state index contributed by atoms with van der Waals surface area (Å²) in [5, 5.41) is 0. The van der Waals surface area contributed by atoms with Crippen LogP contribution in [0.1, 0.15) is 13.3 Å². The van der Waals surface area contributed by atoms with Crippen molar-refractivity contribution in [2.24, 2.45) is 0 Å². The Morgan fingerprint density at radius 3 is 2.57 bits per heavy atom. The molecule has 0 aromatic carbocycles. The maximum atomic E-state index is 10.8. The monoisotopic (exact) mass is 197 g/mol. The van der Waals surface area contributed by atoms with Gasteiger partial charge in [-0.3, -0.25) is 0 Å². The van der Waals surface area contributed by atoms with Crippen LogP contribution in [-0.4, -0.2) is 18.5 Å². The summed E-state index contributed by atoms with van der Waals surface area (Å²) in [6.07, 6.45) is 1.42. The molecule has 0 aliphatic carbocycles. The Morgan fingerprint density at radius 2 is 2.07 bits per heavy atom. The first kappa shape index (κ1) is 12.4. The third-order valence-electron chi connectivity index (χ3n) is 1.19. The van der Waals surface area contributed by atoms with Gasteiger partial charge in [0.05, 0.1) is 6.61 Å². The van der Waals surface area contributed by atoms with Crippen LogP contribution in [-0.2, 0) is 19.1 Å². The standard InChI is InChI=1S/C10H13O4/c1-4-9(11)13-6-5-7-14-10(12)8(2)3/h4,7H,1-2,5-6H2,3H3. The summed E-state index contributed by atoms with van der Waals surface area (Å²) < 4.78 is 9.27. The van der Waals surface area contributed by atoms with Gasteiger partial charge in [0.2, 0.25) is 0 Å². The number of hydrogen-bond acceptors (Lipinski definition) is 4. The van der Waals surface area contributed by atoms with Crippen LogP contribution < -0.4 is 0 Å². The maximum absolute atomic E-state index is 10.8. The van der Waals surface area contributed by atoms with Gasteiger partial charge in [-0.05, 0) is 6.92 Å². The maximum Gasteiger partial charge on any atom is 0.333 e. The zero-order chi connectivity index (χ0) is 11.0. The van der Waals surface area contributed by atoms with Gasteiger partial charge in [0.25, 0.3) is 0 Å². The number of esters is 2. The molecule has 0 saturated carbocycles. The first-order valence-electron chi connectivity index (χ1n) is 4.05. The highest BCUT2D eigenvalue weighted by atomic mass is 16.5. The first-order chi connectivity index (χ1) is 6.57. The largest absolute Gasteiger partial charge is 0.462 e. The van der Waals surface area contributed by atoms with E-state index in [0.29, 0.717) is 12.0 Å². The highest BCUT2D eigenvalue weighted by Gasteiger charge is 2.03. The van der Waals surface area contributed by atoms with E-state index in [9.17, 15) is 9.59 Å². The van der Waals surface area contributed by atoms with Crippen LogP contribution in [0.2, 0.25) is 0 Å². The molecule has 0 aliphatic heterocycles. The zero-order valence-electron chi connectivity index (χ0n) is 8.12. The zero-order valence-corrected chi connectivity index (χ0v) is 8.12. The van der Waals surface area contributed by atoms with Crippen LogP contribution in [0, 0.1) is 6.61 Å². The Hall–Kier alpha value is -1.58. The molecule has 4 nitrogen and oxygen atoms in total. The molecule has 0 amide bonds. The number of hydrogen-bond donors (Lipinski definition) is 0. The predicted octanol–water partition coefficient (Wildman–Crippen LogP) is 1.39. The average molecular weight is 197 g/mol. The topological polar surface area (TPSA) is 52.6 Å². The summed E-state index contributed by atoms with van der Waals surface area (Å²) in [6, 6.07) is 0. The molecule has 0 atom stereocenters. The molecular formula is C10H13O4. The van der Waals surface area contributed by atoms with E-state index in [1.807, 2.05) is 0 Å². The normalized spacial score (nSPS) is 8.93. The minimum Gasteiger partial charge on any atom is -0.462 e. The van der Waals surface area contributed by atoms with Crippen molar-refractivity contribution in [1.82, 2.24) is 0 Å². The van der Waals surface area contributed by atoms with Crippen LogP contribution in [0.3, 0.4) is 0 Å². The smallest absolute Gasteiger partial charge is 0.333 e. The Kier molecular flexibility index (Phi) is 6.11. The minimum atomic E-state index is -0.496. The Balaban J connectivity index is 3.38. The summed E-state index contributed by atoms with van der Waals surface area (Å²) in [5.41, 5.74) is 0.323. The van der Waals surface area contributed by atoms with Gasteiger partial charge in [-0.25, -0.2) is 9.59 Å². The minimum absolute atomic E-state index is 0.161. The lowest BCUT2D eigenvalue weighted by molar-refractivity contribution is -0.138. The van der Waals surface area contributed by atoms with Crippen LogP contribution in [0.5, 0.6) is 0 Å². The van der Waals surface area contributed by atoms with Crippen molar-refractivity contribution in [3.8, 4) is 0 Å². The second-order valence-corrected chi connectivity index (χ2v) is 2.51. The molecule has 0 N–H and O–H groups in total. The number of carbonyl (C=O) groups excluding carboxylic acids is 2. The van der Waals surface area contributed by atoms with Crippen molar-refractivity contribution >= 4 is 11.9 Å². The summed E-state index contributed by atoms with van der Waals surface area (Å²) in [7, 11) is 0. The number of ether oxygens (including phenoxy) is 2. The molecule has 1 radical (unpaired) electrons. The lowest BCUT2D eigenvalue weighted by Crippen LogP contribution is -2.06. The van der Waals surface area contributed by atoms with E-state index in [0.717, 1.165) is 6.08 Å². The third-order valence-corrected chi connectivity index (χ3v) is 1.19. The molecule has 0 heterocycles. The molecule has 4 heteroatoms. The molecule has 0 aromatic rings. The fourth-order valence-corrected chi connectivity index (χ4v) is 0.502. The van der Waals surface area contributed by atoms with Gasteiger partial charge < -0.3 is 9.47 Å². The van der Waals surface area contributed by atoms with E-state index < -0.39 is 11.9 Å². The molecule has 0 saturated heterocycles. The van der Waals surface area contributed by atoms with E-state index in [1.165, 1.54) is 6.61 Å². The second-order valence-electron chi connectivity index (χ2n) is 2.51. The van der Waals surface area contributed by atoms with E-state index in [1.54, 1.807) is 6.92 Å². The lowest BCUT2D eigenvalue weighted by atomic mass is 10.4. The van der Waals surface area contributed by atoms with Gasteiger partial charge in [-0.15, -0.1) is 0 Å². The van der Waals surface area contributed by atoms with Crippen LogP contribution in [0.15, 0.2) is 24.8 Å². The molecule has 0 aromatic heterocycles. The highest BCUT2D eigenvalue weighted by Crippen LogP contribution is 1.97. The van der Waals surface area contributed by atoms with Gasteiger partial charge in [0.15, 0.2) is 0 Å². The third kappa shape index (κ3) is 5.99. The number of carbonyl (C=O) groups is 2. The van der Waals surface area contributed by atoms with Crippen LogP contribution in [0.25, 0.3) is 0 Å². The van der Waals surface area contributed by atoms with Crippen LogP contribution >= 0.6 is 0 Å². The van der Waals surface area contributed by atoms with Gasteiger partial charge in [0, 0.05) is 18.1 Å². The SMILES string of the molecule is C=CC(=O)OCC[CH]OC(=O)C(=C)C. The van der Waals surface area contributed by atoms with Crippen molar-refractivity contribution in [2.45, 2.75) is 13.3 Å². The average Bonchev–Trinajstić information content (AvgIpc) is 2.16. The van der Waals surface area contributed by atoms with Gasteiger partial charge in [0.1, 0.15) is 6.61 Å².